The Labute approximate surface area is 133 Å². The normalized spacial score (nSPS) is 11.0. The van der Waals surface area contributed by atoms with Crippen molar-refractivity contribution in [1.29, 1.82) is 0 Å². The maximum Gasteiger partial charge on any atom is 0.311 e. The highest BCUT2D eigenvalue weighted by Crippen LogP contribution is 2.11. The summed E-state index contributed by atoms with van der Waals surface area (Å²) in [5.41, 5.74) is 0. The molecule has 1 aromatic heterocycles. The molecule has 1 heterocycles. The third kappa shape index (κ3) is 8.74. The molecule has 0 saturated heterocycles. The SMILES string of the molecule is CCCCCCCCCCCCCn1nnnc1CC(=O)O. The molecule has 0 bridgehead atoms. The molecule has 0 amide bonds. The Morgan fingerprint density at radius 1 is 0.955 bits per heavy atom. The molecule has 6 nitrogen and oxygen atoms in total. The number of carboxylic acid groups (broad SMARTS) is 1. The Bertz CT molecular complexity index is 407. The Kier molecular flexibility index (Phi) is 10.2. The van der Waals surface area contributed by atoms with E-state index in [0.29, 0.717) is 12.4 Å². The molecule has 1 N–H and O–H groups in total. The van der Waals surface area contributed by atoms with Crippen LogP contribution in [0.2, 0.25) is 0 Å². The van der Waals surface area contributed by atoms with E-state index in [1.165, 1.54) is 57.8 Å². The number of aliphatic carboxylic acids is 1. The number of hydrogen-bond acceptors (Lipinski definition) is 4. The van der Waals surface area contributed by atoms with Gasteiger partial charge in [-0.1, -0.05) is 71.1 Å². The first-order chi connectivity index (χ1) is 10.7. The van der Waals surface area contributed by atoms with Gasteiger partial charge in [-0.25, -0.2) is 4.68 Å². The van der Waals surface area contributed by atoms with Crippen molar-refractivity contribution in [2.75, 3.05) is 0 Å². The number of carbonyl (C=O) groups is 1. The Morgan fingerprint density at radius 2 is 1.50 bits per heavy atom. The van der Waals surface area contributed by atoms with Crippen LogP contribution in [-0.4, -0.2) is 31.3 Å². The molecule has 1 aromatic rings. The third-order valence-electron chi connectivity index (χ3n) is 3.89. The number of carboxylic acids is 1. The lowest BCUT2D eigenvalue weighted by Gasteiger charge is -2.04. The average molecular weight is 310 g/mol. The van der Waals surface area contributed by atoms with Crippen LogP contribution in [0, 0.1) is 0 Å². The van der Waals surface area contributed by atoms with Crippen molar-refractivity contribution in [3.8, 4) is 0 Å². The van der Waals surface area contributed by atoms with E-state index in [1.807, 2.05) is 0 Å². The van der Waals surface area contributed by atoms with Crippen LogP contribution in [0.3, 0.4) is 0 Å². The standard InChI is InChI=1S/C16H30N4O2/c1-2-3-4-5-6-7-8-9-10-11-12-13-20-15(14-16(21)22)17-18-19-20/h2-14H2,1H3,(H,21,22). The second-order valence-electron chi connectivity index (χ2n) is 5.92. The predicted molar refractivity (Wildman–Crippen MR) is 85.6 cm³/mol. The predicted octanol–water partition coefficient (Wildman–Crippen LogP) is 3.61. The third-order valence-corrected chi connectivity index (χ3v) is 3.89. The number of aryl methyl sites for hydroxylation is 1. The second kappa shape index (κ2) is 12.1. The lowest BCUT2D eigenvalue weighted by Crippen LogP contribution is -2.10. The molecule has 22 heavy (non-hydrogen) atoms. The van der Waals surface area contributed by atoms with Crippen LogP contribution >= 0.6 is 0 Å². The molecule has 126 valence electrons. The van der Waals surface area contributed by atoms with Gasteiger partial charge in [0.25, 0.3) is 0 Å². The van der Waals surface area contributed by atoms with Crippen molar-refractivity contribution in [2.24, 2.45) is 0 Å². The Balaban J connectivity index is 1.95. The molecule has 0 aromatic carbocycles. The first kappa shape index (κ1) is 18.6. The second-order valence-corrected chi connectivity index (χ2v) is 5.92. The van der Waals surface area contributed by atoms with Gasteiger partial charge in [-0.05, 0) is 16.8 Å². The maximum absolute atomic E-state index is 10.7. The monoisotopic (exact) mass is 310 g/mol. The van der Waals surface area contributed by atoms with Crippen LogP contribution in [-0.2, 0) is 17.8 Å². The quantitative estimate of drug-likeness (QED) is 0.531. The van der Waals surface area contributed by atoms with Crippen LogP contribution in [0.15, 0.2) is 0 Å². The molecular weight excluding hydrogens is 280 g/mol. The molecule has 0 spiro atoms. The molecule has 0 aliphatic carbocycles. The van der Waals surface area contributed by atoms with E-state index in [1.54, 1.807) is 4.68 Å². The maximum atomic E-state index is 10.7. The average Bonchev–Trinajstić information content (AvgIpc) is 2.91. The van der Waals surface area contributed by atoms with E-state index in [2.05, 4.69) is 22.4 Å². The van der Waals surface area contributed by atoms with Gasteiger partial charge in [0.05, 0.1) is 0 Å². The number of hydrogen-bond donors (Lipinski definition) is 1. The number of nitrogens with zero attached hydrogens (tertiary/aromatic N) is 4. The number of unbranched alkanes of at least 4 members (excludes halogenated alkanes) is 10. The Hall–Kier alpha value is -1.46. The van der Waals surface area contributed by atoms with Crippen molar-refractivity contribution in [3.05, 3.63) is 5.82 Å². The summed E-state index contributed by atoms with van der Waals surface area (Å²) < 4.78 is 1.61. The summed E-state index contributed by atoms with van der Waals surface area (Å²) in [5, 5.41) is 19.9. The van der Waals surface area contributed by atoms with Gasteiger partial charge in [-0.15, -0.1) is 5.10 Å². The number of tetrazole rings is 1. The lowest BCUT2D eigenvalue weighted by molar-refractivity contribution is -0.136. The van der Waals surface area contributed by atoms with E-state index in [9.17, 15) is 4.79 Å². The van der Waals surface area contributed by atoms with Crippen molar-refractivity contribution >= 4 is 5.97 Å². The van der Waals surface area contributed by atoms with E-state index in [-0.39, 0.29) is 6.42 Å². The summed E-state index contributed by atoms with van der Waals surface area (Å²) in [7, 11) is 0. The van der Waals surface area contributed by atoms with Gasteiger partial charge in [0, 0.05) is 6.54 Å². The van der Waals surface area contributed by atoms with Crippen molar-refractivity contribution < 1.29 is 9.90 Å². The summed E-state index contributed by atoms with van der Waals surface area (Å²) in [6, 6.07) is 0. The molecule has 0 radical (unpaired) electrons. The Morgan fingerprint density at radius 3 is 2.05 bits per heavy atom. The number of aromatic nitrogens is 4. The zero-order valence-electron chi connectivity index (χ0n) is 13.8. The molecule has 0 unspecified atom stereocenters. The highest BCUT2D eigenvalue weighted by molar-refractivity contribution is 5.68. The fourth-order valence-electron chi connectivity index (χ4n) is 2.58. The largest absolute Gasteiger partial charge is 0.481 e. The van der Waals surface area contributed by atoms with E-state index in [0.717, 1.165) is 12.8 Å². The van der Waals surface area contributed by atoms with Crippen LogP contribution in [0.4, 0.5) is 0 Å². The minimum Gasteiger partial charge on any atom is -0.481 e. The summed E-state index contributed by atoms with van der Waals surface area (Å²) in [4.78, 5) is 10.7. The van der Waals surface area contributed by atoms with Crippen molar-refractivity contribution in [3.63, 3.8) is 0 Å². The minimum atomic E-state index is -0.894. The lowest BCUT2D eigenvalue weighted by atomic mass is 10.1. The van der Waals surface area contributed by atoms with Gasteiger partial charge in [-0.2, -0.15) is 0 Å². The number of rotatable bonds is 14. The van der Waals surface area contributed by atoms with Crippen LogP contribution < -0.4 is 0 Å². The molecule has 6 heteroatoms. The summed E-state index contributed by atoms with van der Waals surface area (Å²) in [6.45, 7) is 2.96. The van der Waals surface area contributed by atoms with Gasteiger partial charge < -0.3 is 5.11 Å². The van der Waals surface area contributed by atoms with Crippen LogP contribution in [0.25, 0.3) is 0 Å². The van der Waals surface area contributed by atoms with Gasteiger partial charge in [0.2, 0.25) is 0 Å². The summed E-state index contributed by atoms with van der Waals surface area (Å²) >= 11 is 0. The van der Waals surface area contributed by atoms with Crippen molar-refractivity contribution in [2.45, 2.75) is 90.5 Å². The molecule has 0 atom stereocenters. The molecule has 0 aliphatic rings. The van der Waals surface area contributed by atoms with E-state index < -0.39 is 5.97 Å². The van der Waals surface area contributed by atoms with Gasteiger partial charge in [0.15, 0.2) is 5.82 Å². The van der Waals surface area contributed by atoms with Crippen LogP contribution in [0.1, 0.15) is 83.4 Å². The molecule has 0 fully saturated rings. The first-order valence-electron chi connectivity index (χ1n) is 8.71. The minimum absolute atomic E-state index is 0.106. The van der Waals surface area contributed by atoms with Crippen molar-refractivity contribution in [1.82, 2.24) is 20.2 Å². The first-order valence-corrected chi connectivity index (χ1v) is 8.71. The zero-order valence-corrected chi connectivity index (χ0v) is 13.8. The fourth-order valence-corrected chi connectivity index (χ4v) is 2.58. The zero-order chi connectivity index (χ0) is 16.0. The highest BCUT2D eigenvalue weighted by atomic mass is 16.4. The van der Waals surface area contributed by atoms with Gasteiger partial charge in [0.1, 0.15) is 6.42 Å². The smallest absolute Gasteiger partial charge is 0.311 e. The van der Waals surface area contributed by atoms with Gasteiger partial charge in [-0.3, -0.25) is 4.79 Å². The van der Waals surface area contributed by atoms with E-state index >= 15 is 0 Å². The summed E-state index contributed by atoms with van der Waals surface area (Å²) in [6.07, 6.45) is 14.1. The van der Waals surface area contributed by atoms with Crippen LogP contribution in [0.5, 0.6) is 0 Å². The highest BCUT2D eigenvalue weighted by Gasteiger charge is 2.09. The molecule has 0 saturated carbocycles. The topological polar surface area (TPSA) is 80.9 Å². The fraction of sp³-hybridized carbons (Fsp3) is 0.875. The molecule has 0 aliphatic heterocycles. The molecule has 1 rings (SSSR count). The molecular formula is C16H30N4O2. The van der Waals surface area contributed by atoms with E-state index in [4.69, 9.17) is 5.11 Å². The van der Waals surface area contributed by atoms with Gasteiger partial charge >= 0.3 is 5.97 Å². The summed E-state index contributed by atoms with van der Waals surface area (Å²) in [5.74, 6) is -0.449.